The van der Waals surface area contributed by atoms with Crippen LogP contribution in [0, 0.1) is 5.82 Å². The van der Waals surface area contributed by atoms with Crippen LogP contribution in [0.3, 0.4) is 0 Å². The molecule has 3 aromatic rings. The van der Waals surface area contributed by atoms with Gasteiger partial charge in [0.1, 0.15) is 5.82 Å². The molecular formula is C18H14FN3O3. The highest BCUT2D eigenvalue weighted by Gasteiger charge is 2.18. The van der Waals surface area contributed by atoms with Gasteiger partial charge in [0.25, 0.3) is 0 Å². The van der Waals surface area contributed by atoms with Crippen LogP contribution in [0.4, 0.5) is 4.39 Å². The number of hydrogen-bond acceptors (Lipinski definition) is 4. The number of carboxylic acids is 1. The molecule has 4 rings (SSSR count). The van der Waals surface area contributed by atoms with Gasteiger partial charge >= 0.3 is 5.97 Å². The Hall–Kier alpha value is -3.06. The van der Waals surface area contributed by atoms with Crippen molar-refractivity contribution >= 4 is 17.2 Å². The summed E-state index contributed by atoms with van der Waals surface area (Å²) in [6.45, 7) is 1.10. The lowest BCUT2D eigenvalue weighted by molar-refractivity contribution is 0.0691. The average molecular weight is 339 g/mol. The maximum atomic E-state index is 13.2. The quantitative estimate of drug-likeness (QED) is 0.794. The molecule has 3 heterocycles. The van der Waals surface area contributed by atoms with Gasteiger partial charge < -0.3 is 9.84 Å². The minimum Gasteiger partial charge on any atom is -0.476 e. The van der Waals surface area contributed by atoms with Gasteiger partial charge in [-0.2, -0.15) is 5.10 Å². The molecule has 1 N–H and O–H groups in total. The maximum absolute atomic E-state index is 13.2. The zero-order valence-electron chi connectivity index (χ0n) is 13.1. The monoisotopic (exact) mass is 339 g/mol. The predicted molar refractivity (Wildman–Crippen MR) is 88.8 cm³/mol. The Morgan fingerprint density at radius 2 is 2.08 bits per heavy atom. The van der Waals surface area contributed by atoms with Crippen molar-refractivity contribution in [3.8, 4) is 11.3 Å². The summed E-state index contributed by atoms with van der Waals surface area (Å²) in [4.78, 5) is 15.5. The zero-order valence-corrected chi connectivity index (χ0v) is 13.1. The van der Waals surface area contributed by atoms with Gasteiger partial charge in [0.05, 0.1) is 25.1 Å². The largest absolute Gasteiger partial charge is 0.476 e. The second-order valence-electron chi connectivity index (χ2n) is 5.70. The van der Waals surface area contributed by atoms with E-state index in [0.717, 1.165) is 16.7 Å². The number of carbonyl (C=O) groups is 1. The van der Waals surface area contributed by atoms with Gasteiger partial charge in [-0.05, 0) is 42.3 Å². The van der Waals surface area contributed by atoms with E-state index in [0.29, 0.717) is 31.0 Å². The van der Waals surface area contributed by atoms with Gasteiger partial charge in [0.2, 0.25) is 0 Å². The van der Waals surface area contributed by atoms with Gasteiger partial charge in [-0.3, -0.25) is 0 Å². The lowest BCUT2D eigenvalue weighted by atomic mass is 10.0. The molecule has 0 spiro atoms. The van der Waals surface area contributed by atoms with Crippen LogP contribution >= 0.6 is 0 Å². The molecule has 1 aliphatic rings. The summed E-state index contributed by atoms with van der Waals surface area (Å²) in [5.74, 6) is -1.44. The van der Waals surface area contributed by atoms with Crippen molar-refractivity contribution in [2.24, 2.45) is 0 Å². The standard InChI is InChI=1S/C18H14FN3O3/c19-13-3-1-12(2-4-13)15-9-14(11-5-7-25-8-6-11)17-20-16(18(23)24)10-22(17)21-15/h1-5,9-10H,6-8H2,(H,23,24). The summed E-state index contributed by atoms with van der Waals surface area (Å²) in [5.41, 5.74) is 3.61. The van der Waals surface area contributed by atoms with Gasteiger partial charge in [0.15, 0.2) is 11.3 Å². The zero-order chi connectivity index (χ0) is 17.4. The Balaban J connectivity index is 1.94. The Labute approximate surface area is 142 Å². The Kier molecular flexibility index (Phi) is 3.77. The summed E-state index contributed by atoms with van der Waals surface area (Å²) in [7, 11) is 0. The first-order valence-corrected chi connectivity index (χ1v) is 7.78. The molecule has 0 aliphatic carbocycles. The van der Waals surface area contributed by atoms with Gasteiger partial charge in [-0.25, -0.2) is 18.7 Å². The summed E-state index contributed by atoms with van der Waals surface area (Å²) < 4.78 is 20.0. The van der Waals surface area contributed by atoms with Crippen molar-refractivity contribution in [2.45, 2.75) is 6.42 Å². The number of fused-ring (bicyclic) bond motifs is 1. The molecule has 0 atom stereocenters. The molecule has 25 heavy (non-hydrogen) atoms. The number of carboxylic acid groups (broad SMARTS) is 1. The van der Waals surface area contributed by atoms with E-state index in [1.54, 1.807) is 12.1 Å². The number of rotatable bonds is 3. The molecule has 126 valence electrons. The first-order valence-electron chi connectivity index (χ1n) is 7.78. The number of aromatic carboxylic acids is 1. The Morgan fingerprint density at radius 1 is 1.28 bits per heavy atom. The molecule has 1 aliphatic heterocycles. The van der Waals surface area contributed by atoms with Crippen LogP contribution in [0.2, 0.25) is 0 Å². The highest BCUT2D eigenvalue weighted by Crippen LogP contribution is 2.29. The number of hydrogen-bond donors (Lipinski definition) is 1. The summed E-state index contributed by atoms with van der Waals surface area (Å²) in [6, 6.07) is 7.87. The molecule has 0 saturated heterocycles. The maximum Gasteiger partial charge on any atom is 0.356 e. The van der Waals surface area contributed by atoms with Crippen LogP contribution in [0.5, 0.6) is 0 Å². The van der Waals surface area contributed by atoms with Crippen LogP contribution in [0.15, 0.2) is 42.6 Å². The molecule has 1 aromatic carbocycles. The van der Waals surface area contributed by atoms with E-state index in [2.05, 4.69) is 10.1 Å². The molecule has 6 nitrogen and oxygen atoms in total. The third-order valence-electron chi connectivity index (χ3n) is 4.09. The minimum atomic E-state index is -1.11. The first kappa shape index (κ1) is 15.5. The van der Waals surface area contributed by atoms with Gasteiger partial charge in [0, 0.05) is 11.1 Å². The summed E-state index contributed by atoms with van der Waals surface area (Å²) in [6.07, 6.45) is 4.05. The molecule has 0 bridgehead atoms. The fourth-order valence-electron chi connectivity index (χ4n) is 2.85. The molecule has 7 heteroatoms. The Bertz CT molecular complexity index is 993. The van der Waals surface area contributed by atoms with Crippen LogP contribution in [-0.2, 0) is 4.74 Å². The van der Waals surface area contributed by atoms with Gasteiger partial charge in [-0.15, -0.1) is 0 Å². The Morgan fingerprint density at radius 3 is 2.76 bits per heavy atom. The van der Waals surface area contributed by atoms with E-state index < -0.39 is 5.97 Å². The lowest BCUT2D eigenvalue weighted by Crippen LogP contribution is -2.06. The average Bonchev–Trinajstić information content (AvgIpc) is 3.07. The first-order chi connectivity index (χ1) is 12.1. The highest BCUT2D eigenvalue weighted by atomic mass is 19.1. The molecule has 0 fully saturated rings. The second kappa shape index (κ2) is 6.10. The molecular weight excluding hydrogens is 325 g/mol. The molecule has 0 saturated carbocycles. The fraction of sp³-hybridized carbons (Fsp3) is 0.167. The summed E-state index contributed by atoms with van der Waals surface area (Å²) >= 11 is 0. The predicted octanol–water partition coefficient (Wildman–Crippen LogP) is 3.04. The SMILES string of the molecule is O=C(O)c1cn2nc(-c3ccc(F)cc3)cc(C3=CCOCC3)c2n1. The van der Waals surface area contributed by atoms with Crippen molar-refractivity contribution < 1.29 is 19.0 Å². The fourth-order valence-corrected chi connectivity index (χ4v) is 2.85. The topological polar surface area (TPSA) is 76.7 Å². The molecule has 0 radical (unpaired) electrons. The van der Waals surface area contributed by atoms with Gasteiger partial charge in [-0.1, -0.05) is 6.08 Å². The molecule has 0 amide bonds. The summed E-state index contributed by atoms with van der Waals surface area (Å²) in [5, 5.41) is 13.7. The normalized spacial score (nSPS) is 14.5. The second-order valence-corrected chi connectivity index (χ2v) is 5.70. The van der Waals surface area contributed by atoms with E-state index in [9.17, 15) is 14.3 Å². The smallest absolute Gasteiger partial charge is 0.356 e. The third kappa shape index (κ3) is 2.89. The van der Waals surface area contributed by atoms with E-state index in [1.807, 2.05) is 12.1 Å². The number of imidazole rings is 1. The van der Waals surface area contributed by atoms with Crippen molar-refractivity contribution in [1.29, 1.82) is 0 Å². The van der Waals surface area contributed by atoms with Crippen molar-refractivity contribution in [3.63, 3.8) is 0 Å². The van der Waals surface area contributed by atoms with Crippen molar-refractivity contribution in [3.05, 3.63) is 59.7 Å². The van der Waals surface area contributed by atoms with Crippen molar-refractivity contribution in [1.82, 2.24) is 14.6 Å². The van der Waals surface area contributed by atoms with E-state index in [1.165, 1.54) is 22.8 Å². The number of nitrogens with zero attached hydrogens (tertiary/aromatic N) is 3. The lowest BCUT2D eigenvalue weighted by Gasteiger charge is -2.15. The van der Waals surface area contributed by atoms with Crippen LogP contribution in [0.25, 0.3) is 22.5 Å². The van der Waals surface area contributed by atoms with Crippen molar-refractivity contribution in [2.75, 3.05) is 13.2 Å². The number of halogens is 1. The van der Waals surface area contributed by atoms with Crippen LogP contribution in [0.1, 0.15) is 22.5 Å². The molecule has 2 aromatic heterocycles. The number of ether oxygens (including phenoxy) is 1. The third-order valence-corrected chi connectivity index (χ3v) is 4.09. The van der Waals surface area contributed by atoms with E-state index >= 15 is 0 Å². The van der Waals surface area contributed by atoms with Crippen LogP contribution < -0.4 is 0 Å². The van der Waals surface area contributed by atoms with E-state index in [4.69, 9.17) is 4.74 Å². The number of aromatic nitrogens is 3. The molecule has 0 unspecified atom stereocenters. The van der Waals surface area contributed by atoms with E-state index in [-0.39, 0.29) is 11.5 Å². The highest BCUT2D eigenvalue weighted by molar-refractivity contribution is 5.88. The number of benzene rings is 1. The van der Waals surface area contributed by atoms with Crippen LogP contribution in [-0.4, -0.2) is 38.9 Å². The minimum absolute atomic E-state index is 0.0716.